The number of carboxylic acid groups (broad SMARTS) is 1. The van der Waals surface area contributed by atoms with Crippen molar-refractivity contribution in [1.29, 1.82) is 0 Å². The standard InChI is InChI=1S/C10H14BBrN2O.C9H10BrNO.C7H7BrN2O.C7H9BrN2.C7H6BrNO2.C7H8BrNO.C2H4Br2.2CH4.B2.H2/c1-11(15)14-5-4-13-10-3-2-9(12)6-8(10)7-14;10-8-1-2-9-7(5-8)6-12-4-3-11-9;8-4-1-2-6(9)5(3-4)7(10)11;8-6-1-2-7(10)5(3-6)4-9;8-4-1-2-6(9)5(3-4)7(10)11;8-6-1-2-7(9)5(3-6)4-10;3-1-2-4;;;1-2;/h2-3,6,13,15H,4-5,7H2,1H3;1-2,5,11H,3-4,6H2;1-3H,9H2,(H2,10,11);1-3H,4,9-10H2;1-3H,9H2,(H,10,11);1-3,10H,4,9H2;1-2H2;2*1H4;;1H. The molecule has 0 saturated heterocycles. The zero-order valence-electron chi connectivity index (χ0n) is 40.7. The van der Waals surface area contributed by atoms with Crippen molar-refractivity contribution in [2.24, 2.45) is 11.5 Å². The van der Waals surface area contributed by atoms with Gasteiger partial charge in [0.2, 0.25) is 0 Å². The van der Waals surface area contributed by atoms with Gasteiger partial charge in [-0.3, -0.25) is 4.79 Å². The maximum absolute atomic E-state index is 10.7. The highest BCUT2D eigenvalue weighted by molar-refractivity contribution is 9.12. The highest BCUT2D eigenvalue weighted by Gasteiger charge is 2.20. The molecule has 2 heterocycles. The number of benzene rings is 6. The summed E-state index contributed by atoms with van der Waals surface area (Å²) in [6.07, 6.45) is 0. The number of fused-ring (bicyclic) bond motifs is 2. The molecule has 8 rings (SSSR count). The molecule has 17 N–H and O–H groups in total. The number of primary amides is 1. The first kappa shape index (κ1) is 76.0. The van der Waals surface area contributed by atoms with Gasteiger partial charge in [0.25, 0.3) is 5.91 Å². The predicted molar refractivity (Wildman–Crippen MR) is 357 cm³/mol. The van der Waals surface area contributed by atoms with Gasteiger partial charge in [-0.05, 0) is 127 Å². The number of rotatable bonds is 6. The fraction of sp³-hybridized carbons (Fsp3) is 0.255. The first-order valence-electron chi connectivity index (χ1n) is 22.2. The molecule has 15 nitrogen and oxygen atoms in total. The SMILES string of the molecule is BrCCBr.Brc1ccc2c(c1)COCCN2.C.C.CB(O)N1CCNc2ccc(Br)cc2C1.NC(=O)c1cc(Br)ccc1N.NCc1cc(Br)ccc1N.Nc1ccc(Br)cc1C(=O)O.Nc1ccc(Br)cc1CO.[B][B].[HH]. The molecular weight excluding hydrogens is 1510 g/mol. The molecule has 2 aliphatic rings. The minimum absolute atomic E-state index is 0. The van der Waals surface area contributed by atoms with Crippen LogP contribution in [0.5, 0.6) is 0 Å². The van der Waals surface area contributed by atoms with Gasteiger partial charge in [-0.2, -0.15) is 0 Å². The van der Waals surface area contributed by atoms with E-state index < -0.39 is 18.9 Å². The van der Waals surface area contributed by atoms with E-state index in [1.165, 1.54) is 28.6 Å². The molecule has 0 spiro atoms. The van der Waals surface area contributed by atoms with E-state index >= 15 is 0 Å². The van der Waals surface area contributed by atoms with Crippen molar-refractivity contribution >= 4 is 196 Å². The van der Waals surface area contributed by atoms with Crippen molar-refractivity contribution in [1.82, 2.24) is 4.81 Å². The van der Waals surface area contributed by atoms with E-state index in [0.717, 1.165) is 82.6 Å². The average molecular weight is 1570 g/mol. The maximum Gasteiger partial charge on any atom is 0.376 e. The Kier molecular flexibility index (Phi) is 42.2. The van der Waals surface area contributed by atoms with Crippen molar-refractivity contribution < 1.29 is 31.0 Å². The smallest absolute Gasteiger partial charge is 0.376 e. The second-order valence-electron chi connectivity index (χ2n) is 15.2. The number of anilines is 6. The van der Waals surface area contributed by atoms with E-state index in [9.17, 15) is 14.6 Å². The molecule has 26 heteroatoms. The molecular formula is C51H68B3Br8N9O6. The number of carbonyl (C=O) groups excluding carboxylic acids is 1. The summed E-state index contributed by atoms with van der Waals surface area (Å²) >= 11 is 26.2. The van der Waals surface area contributed by atoms with Crippen LogP contribution < -0.4 is 45.0 Å². The molecule has 6 aromatic rings. The van der Waals surface area contributed by atoms with Gasteiger partial charge >= 0.3 is 13.0 Å². The van der Waals surface area contributed by atoms with Crippen LogP contribution in [0.3, 0.4) is 0 Å². The minimum Gasteiger partial charge on any atom is -0.478 e. The van der Waals surface area contributed by atoms with E-state index in [0.29, 0.717) is 34.6 Å². The van der Waals surface area contributed by atoms with E-state index in [-0.39, 0.29) is 34.1 Å². The summed E-state index contributed by atoms with van der Waals surface area (Å²) in [7, 11) is 7.61. The quantitative estimate of drug-likeness (QED) is 0.0420. The molecule has 4 radical (unpaired) electrons. The van der Waals surface area contributed by atoms with Gasteiger partial charge in [0.1, 0.15) is 0 Å². The number of aliphatic hydroxyl groups excluding tert-OH is 1. The number of hydrogen-bond acceptors (Lipinski definition) is 13. The highest BCUT2D eigenvalue weighted by atomic mass is 79.9. The minimum atomic E-state index is -1.01. The Morgan fingerprint density at radius 3 is 1.47 bits per heavy atom. The summed E-state index contributed by atoms with van der Waals surface area (Å²) in [5.74, 6) is -1.52. The fourth-order valence-corrected chi connectivity index (χ4v) is 8.38. The number of amides is 1. The molecule has 0 bridgehead atoms. The summed E-state index contributed by atoms with van der Waals surface area (Å²) in [6, 6.07) is 33.2. The lowest BCUT2D eigenvalue weighted by Crippen LogP contribution is -2.38. The second-order valence-corrected chi connectivity index (χ2v) is 22.3. The predicted octanol–water partition coefficient (Wildman–Crippen LogP) is 12.6. The zero-order chi connectivity index (χ0) is 56.6. The molecule has 77 heavy (non-hydrogen) atoms. The monoisotopic (exact) mass is 1570 g/mol. The second kappa shape index (κ2) is 42.7. The molecule has 418 valence electrons. The van der Waals surface area contributed by atoms with Gasteiger partial charge in [0, 0.05) is 132 Å². The van der Waals surface area contributed by atoms with Crippen LogP contribution in [0, 0.1) is 0 Å². The molecule has 1 amide bonds. The molecule has 6 aromatic carbocycles. The average Bonchev–Trinajstić information content (AvgIpc) is 3.77. The number of carbonyl (C=O) groups is 2. The number of nitrogens with zero attached hydrogens (tertiary/aromatic N) is 1. The lowest BCUT2D eigenvalue weighted by atomic mass is 9.81. The van der Waals surface area contributed by atoms with E-state index in [2.05, 4.69) is 178 Å². The van der Waals surface area contributed by atoms with Crippen LogP contribution in [0.2, 0.25) is 6.82 Å². The van der Waals surface area contributed by atoms with Crippen LogP contribution in [0.4, 0.5) is 34.1 Å². The number of aromatic carboxylic acids is 1. The summed E-state index contributed by atoms with van der Waals surface area (Å²) < 4.78 is 11.0. The number of nitrogens with two attached hydrogens (primary N) is 6. The first-order valence-corrected chi connectivity index (χ1v) is 29.2. The maximum atomic E-state index is 10.7. The Labute approximate surface area is 526 Å². The third kappa shape index (κ3) is 30.3. The van der Waals surface area contributed by atoms with Crippen molar-refractivity contribution in [3.05, 3.63) is 169 Å². The third-order valence-electron chi connectivity index (χ3n) is 9.77. The summed E-state index contributed by atoms with van der Waals surface area (Å²) in [5.41, 5.74) is 41.5. The molecule has 0 atom stereocenters. The Bertz CT molecular complexity index is 2580. The van der Waals surface area contributed by atoms with Crippen molar-refractivity contribution in [3.63, 3.8) is 0 Å². The largest absolute Gasteiger partial charge is 0.478 e. The van der Waals surface area contributed by atoms with E-state index in [1.54, 1.807) is 42.5 Å². The molecule has 0 unspecified atom stereocenters. The van der Waals surface area contributed by atoms with Gasteiger partial charge in [-0.25, -0.2) is 4.79 Å². The number of nitrogen functional groups attached to an aromatic ring is 4. The van der Waals surface area contributed by atoms with Crippen LogP contribution >= 0.6 is 127 Å². The first-order chi connectivity index (χ1) is 35.6. The molecule has 0 saturated carbocycles. The number of aliphatic hydroxyl groups is 1. The number of ether oxygens (including phenoxy) is 1. The summed E-state index contributed by atoms with van der Waals surface area (Å²) in [5, 5.41) is 35.7. The van der Waals surface area contributed by atoms with Gasteiger partial charge < -0.3 is 69.8 Å². The Morgan fingerprint density at radius 1 is 0.649 bits per heavy atom. The van der Waals surface area contributed by atoms with Crippen LogP contribution in [0.15, 0.2) is 136 Å². The summed E-state index contributed by atoms with van der Waals surface area (Å²) in [6.45, 7) is 7.21. The number of alkyl halides is 2. The van der Waals surface area contributed by atoms with E-state index in [1.807, 2.05) is 48.0 Å². The van der Waals surface area contributed by atoms with Gasteiger partial charge in [-0.1, -0.05) is 142 Å². The van der Waals surface area contributed by atoms with E-state index in [4.69, 9.17) is 49.4 Å². The topological polar surface area (TPSA) is 287 Å². The lowest BCUT2D eigenvalue weighted by molar-refractivity contribution is 0.0697. The Balaban J connectivity index is -0.000000845. The third-order valence-corrected chi connectivity index (χ3v) is 14.6. The van der Waals surface area contributed by atoms with Crippen LogP contribution in [0.25, 0.3) is 0 Å². The van der Waals surface area contributed by atoms with Gasteiger partial charge in [0.15, 0.2) is 0 Å². The zero-order valence-corrected chi connectivity index (χ0v) is 53.4. The van der Waals surface area contributed by atoms with Crippen molar-refractivity contribution in [2.75, 3.05) is 70.5 Å². The normalized spacial score (nSPS) is 11.4. The molecule has 0 aliphatic carbocycles. The fourth-order valence-electron chi connectivity index (χ4n) is 6.03. The number of nitrogens with one attached hydrogen (secondary N) is 2. The summed E-state index contributed by atoms with van der Waals surface area (Å²) in [4.78, 5) is 23.2. The number of carboxylic acids is 1. The molecule has 0 fully saturated rings. The Morgan fingerprint density at radius 2 is 1.05 bits per heavy atom. The van der Waals surface area contributed by atoms with Crippen LogP contribution in [0.1, 0.15) is 59.2 Å². The van der Waals surface area contributed by atoms with Crippen molar-refractivity contribution in [3.8, 4) is 0 Å². The molecule has 0 aromatic heterocycles. The van der Waals surface area contributed by atoms with Crippen molar-refractivity contribution in [2.45, 2.75) is 48.0 Å². The number of hydrogen-bond donors (Lipinski definition) is 11. The Hall–Kier alpha value is -3.11. The number of halogens is 8. The molecule has 2 aliphatic heterocycles. The van der Waals surface area contributed by atoms with Crippen LogP contribution in [-0.2, 0) is 31.0 Å². The van der Waals surface area contributed by atoms with Gasteiger partial charge in [-0.15, -0.1) is 0 Å². The lowest BCUT2D eigenvalue weighted by Gasteiger charge is -2.20. The highest BCUT2D eigenvalue weighted by Crippen LogP contribution is 2.26. The van der Waals surface area contributed by atoms with Gasteiger partial charge in [0.05, 0.1) is 30.9 Å². The van der Waals surface area contributed by atoms with Crippen LogP contribution in [-0.4, -0.2) is 91.4 Å².